The van der Waals surface area contributed by atoms with Crippen LogP contribution in [0.4, 0.5) is 4.39 Å². The van der Waals surface area contributed by atoms with Crippen molar-refractivity contribution in [2.45, 2.75) is 19.1 Å². The van der Waals surface area contributed by atoms with Crippen LogP contribution in [-0.4, -0.2) is 28.6 Å². The molecule has 0 radical (unpaired) electrons. The van der Waals surface area contributed by atoms with Crippen LogP contribution in [0, 0.1) is 5.82 Å². The number of nitrogens with zero attached hydrogens (tertiary/aromatic N) is 2. The Bertz CT molecular complexity index is 546. The summed E-state index contributed by atoms with van der Waals surface area (Å²) in [4.78, 5) is 7.31. The fourth-order valence-electron chi connectivity index (χ4n) is 1.86. The molecule has 1 atom stereocenters. The van der Waals surface area contributed by atoms with Crippen LogP contribution in [0.3, 0.4) is 0 Å². The molecule has 0 saturated heterocycles. The molecule has 6 heteroatoms. The zero-order valence-electron chi connectivity index (χ0n) is 11.1. The predicted octanol–water partition coefficient (Wildman–Crippen LogP) is 3.60. The van der Waals surface area contributed by atoms with Gasteiger partial charge in [0.2, 0.25) is 0 Å². The van der Waals surface area contributed by atoms with Crippen molar-refractivity contribution in [2.24, 2.45) is 0 Å². The first-order valence-corrected chi connectivity index (χ1v) is 7.93. The minimum Gasteiger partial charge on any atom is -0.387 e. The summed E-state index contributed by atoms with van der Waals surface area (Å²) in [7, 11) is 2.01. The molecule has 20 heavy (non-hydrogen) atoms. The number of aliphatic hydroxyl groups excluding tert-OH is 1. The summed E-state index contributed by atoms with van der Waals surface area (Å²) < 4.78 is 13.9. The molecule has 3 nitrogen and oxygen atoms in total. The van der Waals surface area contributed by atoms with Gasteiger partial charge in [-0.1, -0.05) is 0 Å². The average molecular weight is 359 g/mol. The molecule has 108 valence electrons. The number of thiophene rings is 1. The first-order chi connectivity index (χ1) is 9.54. The van der Waals surface area contributed by atoms with Gasteiger partial charge in [-0.15, -0.1) is 11.3 Å². The van der Waals surface area contributed by atoms with E-state index in [1.54, 1.807) is 11.3 Å². The molecule has 1 unspecified atom stereocenters. The highest BCUT2D eigenvalue weighted by Gasteiger charge is 2.11. The third kappa shape index (κ3) is 4.63. The summed E-state index contributed by atoms with van der Waals surface area (Å²) in [6.07, 6.45) is 1.04. The highest BCUT2D eigenvalue weighted by molar-refractivity contribution is 9.10. The van der Waals surface area contributed by atoms with Gasteiger partial charge in [-0.05, 0) is 47.6 Å². The average Bonchev–Trinajstić information content (AvgIpc) is 2.82. The van der Waals surface area contributed by atoms with E-state index in [0.717, 1.165) is 23.8 Å². The Kier molecular flexibility index (Phi) is 5.65. The Morgan fingerprint density at radius 1 is 1.50 bits per heavy atom. The Morgan fingerprint density at radius 3 is 2.90 bits per heavy atom. The van der Waals surface area contributed by atoms with Crippen LogP contribution in [-0.2, 0) is 6.54 Å². The second kappa shape index (κ2) is 7.26. The molecule has 2 aromatic rings. The van der Waals surface area contributed by atoms with Gasteiger partial charge in [0, 0.05) is 27.8 Å². The SMILES string of the molecule is CN(CCC(O)c1ccc(F)cn1)Cc1cc(Br)cs1. The second-order valence-electron chi connectivity index (χ2n) is 4.67. The normalized spacial score (nSPS) is 12.8. The van der Waals surface area contributed by atoms with Crippen molar-refractivity contribution in [1.29, 1.82) is 0 Å². The summed E-state index contributed by atoms with van der Waals surface area (Å²) in [6, 6.07) is 4.94. The molecule has 0 aliphatic carbocycles. The van der Waals surface area contributed by atoms with E-state index in [1.807, 2.05) is 7.05 Å². The minimum atomic E-state index is -0.659. The highest BCUT2D eigenvalue weighted by Crippen LogP contribution is 2.21. The molecule has 0 saturated carbocycles. The van der Waals surface area contributed by atoms with E-state index in [0.29, 0.717) is 12.1 Å². The van der Waals surface area contributed by atoms with Crippen LogP contribution in [0.2, 0.25) is 0 Å². The fourth-order valence-corrected chi connectivity index (χ4v) is 3.39. The lowest BCUT2D eigenvalue weighted by Gasteiger charge is -2.17. The van der Waals surface area contributed by atoms with Crippen LogP contribution in [0.5, 0.6) is 0 Å². The van der Waals surface area contributed by atoms with Crippen LogP contribution in [0.25, 0.3) is 0 Å². The van der Waals surface area contributed by atoms with Crippen LogP contribution < -0.4 is 0 Å². The van der Waals surface area contributed by atoms with Crippen molar-refractivity contribution in [3.05, 3.63) is 50.6 Å². The maximum atomic E-state index is 12.8. The molecule has 0 fully saturated rings. The molecule has 2 aromatic heterocycles. The molecule has 0 amide bonds. The monoisotopic (exact) mass is 358 g/mol. The van der Waals surface area contributed by atoms with Gasteiger partial charge >= 0.3 is 0 Å². The number of aliphatic hydroxyl groups is 1. The number of halogens is 2. The van der Waals surface area contributed by atoms with E-state index in [4.69, 9.17) is 0 Å². The second-order valence-corrected chi connectivity index (χ2v) is 6.59. The number of rotatable bonds is 6. The third-order valence-electron chi connectivity index (χ3n) is 2.92. The molecule has 0 bridgehead atoms. The number of hydrogen-bond donors (Lipinski definition) is 1. The number of pyridine rings is 1. The van der Waals surface area contributed by atoms with Gasteiger partial charge in [0.25, 0.3) is 0 Å². The van der Waals surface area contributed by atoms with Crippen LogP contribution in [0.15, 0.2) is 34.2 Å². The quantitative estimate of drug-likeness (QED) is 0.856. The lowest BCUT2D eigenvalue weighted by molar-refractivity contribution is 0.143. The van der Waals surface area contributed by atoms with Gasteiger partial charge in [-0.3, -0.25) is 4.98 Å². The zero-order valence-corrected chi connectivity index (χ0v) is 13.5. The van der Waals surface area contributed by atoms with Crippen LogP contribution in [0.1, 0.15) is 23.1 Å². The summed E-state index contributed by atoms with van der Waals surface area (Å²) in [5, 5.41) is 12.1. The predicted molar refractivity (Wildman–Crippen MR) is 82.1 cm³/mol. The van der Waals surface area contributed by atoms with Gasteiger partial charge < -0.3 is 10.0 Å². The molecule has 2 heterocycles. The zero-order chi connectivity index (χ0) is 14.5. The van der Waals surface area contributed by atoms with Gasteiger partial charge in [0.05, 0.1) is 18.0 Å². The Labute approximate surface area is 130 Å². The summed E-state index contributed by atoms with van der Waals surface area (Å²) in [5.74, 6) is -0.388. The van der Waals surface area contributed by atoms with Crippen molar-refractivity contribution in [3.63, 3.8) is 0 Å². The molecule has 0 aromatic carbocycles. The molecule has 0 spiro atoms. The molecule has 0 aliphatic heterocycles. The first-order valence-electron chi connectivity index (χ1n) is 6.25. The van der Waals surface area contributed by atoms with E-state index in [9.17, 15) is 9.50 Å². The molecule has 2 rings (SSSR count). The maximum absolute atomic E-state index is 12.8. The Morgan fingerprint density at radius 2 is 2.30 bits per heavy atom. The van der Waals surface area contributed by atoms with Gasteiger partial charge in [0.15, 0.2) is 0 Å². The van der Waals surface area contributed by atoms with Crippen molar-refractivity contribution < 1.29 is 9.50 Å². The van der Waals surface area contributed by atoms with E-state index < -0.39 is 6.10 Å². The highest BCUT2D eigenvalue weighted by atomic mass is 79.9. The van der Waals surface area contributed by atoms with E-state index >= 15 is 0 Å². The standard InChI is InChI=1S/C14H16BrFN2OS/c1-18(8-12-6-10(15)9-20-12)5-4-14(19)13-3-2-11(16)7-17-13/h2-3,6-7,9,14,19H,4-5,8H2,1H3. The molecular formula is C14H16BrFN2OS. The minimum absolute atomic E-state index is 0.388. The van der Waals surface area contributed by atoms with Crippen LogP contribution >= 0.6 is 27.3 Å². The third-order valence-corrected chi connectivity index (χ3v) is 4.61. The lowest BCUT2D eigenvalue weighted by Crippen LogP contribution is -2.20. The molecule has 1 N–H and O–H groups in total. The number of hydrogen-bond acceptors (Lipinski definition) is 4. The Balaban J connectivity index is 1.80. The van der Waals surface area contributed by atoms with Gasteiger partial charge in [-0.25, -0.2) is 4.39 Å². The van der Waals surface area contributed by atoms with E-state index in [1.165, 1.54) is 17.0 Å². The number of aromatic nitrogens is 1. The Hall–Kier alpha value is -0.820. The summed E-state index contributed by atoms with van der Waals surface area (Å²) in [5.41, 5.74) is 0.513. The molecular weight excluding hydrogens is 343 g/mol. The summed E-state index contributed by atoms with van der Waals surface area (Å²) in [6.45, 7) is 1.59. The van der Waals surface area contributed by atoms with E-state index in [-0.39, 0.29) is 5.82 Å². The largest absolute Gasteiger partial charge is 0.387 e. The fraction of sp³-hybridized carbons (Fsp3) is 0.357. The van der Waals surface area contributed by atoms with Crippen molar-refractivity contribution in [2.75, 3.05) is 13.6 Å². The molecule has 0 aliphatic rings. The van der Waals surface area contributed by atoms with Crippen molar-refractivity contribution in [1.82, 2.24) is 9.88 Å². The smallest absolute Gasteiger partial charge is 0.141 e. The van der Waals surface area contributed by atoms with Crippen molar-refractivity contribution >= 4 is 27.3 Å². The van der Waals surface area contributed by atoms with Gasteiger partial charge in [-0.2, -0.15) is 0 Å². The van der Waals surface area contributed by atoms with Crippen molar-refractivity contribution in [3.8, 4) is 0 Å². The van der Waals surface area contributed by atoms with E-state index in [2.05, 4.69) is 37.3 Å². The van der Waals surface area contributed by atoms with Gasteiger partial charge in [0.1, 0.15) is 5.82 Å². The summed E-state index contributed by atoms with van der Waals surface area (Å²) >= 11 is 5.14. The lowest BCUT2D eigenvalue weighted by atomic mass is 10.1. The maximum Gasteiger partial charge on any atom is 0.141 e. The first kappa shape index (κ1) is 15.6. The topological polar surface area (TPSA) is 36.4 Å².